The lowest BCUT2D eigenvalue weighted by Gasteiger charge is -2.22. The van der Waals surface area contributed by atoms with Gasteiger partial charge in [0.25, 0.3) is 0 Å². The van der Waals surface area contributed by atoms with E-state index in [1.54, 1.807) is 0 Å². The Morgan fingerprint density at radius 3 is 1.06 bits per heavy atom. The predicted octanol–water partition coefficient (Wildman–Crippen LogP) is 16.5. The number of rotatable bonds is 43. The monoisotopic (exact) mass is 852 g/mol. The maximum atomic E-state index is 12.4. The molecule has 0 radical (unpaired) electrons. The zero-order valence-electron chi connectivity index (χ0n) is 39.8. The van der Waals surface area contributed by atoms with Crippen LogP contribution in [0.5, 0.6) is 0 Å². The fourth-order valence-corrected chi connectivity index (χ4v) is 6.57. The van der Waals surface area contributed by atoms with Crippen LogP contribution in [-0.2, 0) is 4.79 Å². The van der Waals surface area contributed by atoms with Crippen LogP contribution in [0.4, 0.5) is 0 Å². The van der Waals surface area contributed by atoms with Gasteiger partial charge in [0.15, 0.2) is 0 Å². The maximum absolute atomic E-state index is 12.4. The highest BCUT2D eigenvalue weighted by Gasteiger charge is 2.19. The van der Waals surface area contributed by atoms with Crippen LogP contribution in [0.3, 0.4) is 0 Å². The summed E-state index contributed by atoms with van der Waals surface area (Å²) in [6.07, 6.45) is 82.4. The van der Waals surface area contributed by atoms with Crippen LogP contribution in [0.15, 0.2) is 146 Å². The van der Waals surface area contributed by atoms with Gasteiger partial charge in [-0.1, -0.05) is 230 Å². The van der Waals surface area contributed by atoms with Gasteiger partial charge in [0.2, 0.25) is 5.91 Å². The summed E-state index contributed by atoms with van der Waals surface area (Å²) in [5.41, 5.74) is 0. The summed E-state index contributed by atoms with van der Waals surface area (Å²) in [5, 5.41) is 23.0. The zero-order chi connectivity index (χ0) is 44.9. The van der Waals surface area contributed by atoms with Crippen molar-refractivity contribution in [2.75, 3.05) is 6.61 Å². The Labute approximate surface area is 383 Å². The minimum absolute atomic E-state index is 0.0654. The number of carbonyl (C=O) groups excluding carboxylic acids is 1. The number of hydrogen-bond donors (Lipinski definition) is 3. The van der Waals surface area contributed by atoms with E-state index >= 15 is 0 Å². The van der Waals surface area contributed by atoms with Crippen LogP contribution in [0.2, 0.25) is 0 Å². The molecular formula is C58H93NO3. The van der Waals surface area contributed by atoms with Crippen molar-refractivity contribution in [2.45, 2.75) is 206 Å². The van der Waals surface area contributed by atoms with Crippen molar-refractivity contribution in [1.82, 2.24) is 5.32 Å². The fourth-order valence-electron chi connectivity index (χ4n) is 6.57. The highest BCUT2D eigenvalue weighted by Crippen LogP contribution is 2.13. The second kappa shape index (κ2) is 51.6. The van der Waals surface area contributed by atoms with Gasteiger partial charge in [0.1, 0.15) is 0 Å². The van der Waals surface area contributed by atoms with Crippen molar-refractivity contribution < 1.29 is 15.0 Å². The minimum Gasteiger partial charge on any atom is -0.394 e. The minimum atomic E-state index is -0.678. The van der Waals surface area contributed by atoms with Gasteiger partial charge in [-0.2, -0.15) is 0 Å². The highest BCUT2D eigenvalue weighted by molar-refractivity contribution is 5.76. The van der Waals surface area contributed by atoms with E-state index in [9.17, 15) is 15.0 Å². The molecule has 0 aromatic carbocycles. The molecule has 0 aromatic heterocycles. The lowest BCUT2D eigenvalue weighted by Crippen LogP contribution is -2.45. The molecule has 1 amide bonds. The van der Waals surface area contributed by atoms with Gasteiger partial charge >= 0.3 is 0 Å². The van der Waals surface area contributed by atoms with Gasteiger partial charge < -0.3 is 15.5 Å². The molecule has 4 heteroatoms. The molecule has 0 aliphatic heterocycles. The van der Waals surface area contributed by atoms with Gasteiger partial charge in [0, 0.05) is 6.42 Å². The first kappa shape index (κ1) is 58.3. The van der Waals surface area contributed by atoms with E-state index in [1.807, 2.05) is 0 Å². The van der Waals surface area contributed by atoms with Crippen LogP contribution in [0, 0.1) is 0 Å². The Hall–Kier alpha value is -3.73. The highest BCUT2D eigenvalue weighted by atomic mass is 16.3. The van der Waals surface area contributed by atoms with E-state index in [0.717, 1.165) is 122 Å². The van der Waals surface area contributed by atoms with Crippen LogP contribution in [0.25, 0.3) is 0 Å². The summed E-state index contributed by atoms with van der Waals surface area (Å²) in [5.74, 6) is -0.0654. The first-order chi connectivity index (χ1) is 30.7. The molecule has 62 heavy (non-hydrogen) atoms. The molecule has 0 rings (SSSR count). The lowest BCUT2D eigenvalue weighted by molar-refractivity contribution is -0.123. The van der Waals surface area contributed by atoms with Crippen LogP contribution in [0.1, 0.15) is 194 Å². The Morgan fingerprint density at radius 2 is 0.710 bits per heavy atom. The molecule has 2 unspecified atom stereocenters. The molecule has 348 valence electrons. The van der Waals surface area contributed by atoms with E-state index in [0.29, 0.717) is 12.8 Å². The number of aliphatic hydroxyl groups excluding tert-OH is 2. The summed E-state index contributed by atoms with van der Waals surface area (Å²) in [6.45, 7) is 4.19. The quantitative estimate of drug-likeness (QED) is 0.0423. The molecule has 0 fully saturated rings. The lowest BCUT2D eigenvalue weighted by atomic mass is 10.0. The molecule has 0 spiro atoms. The first-order valence-electron chi connectivity index (χ1n) is 25.0. The van der Waals surface area contributed by atoms with Crippen LogP contribution < -0.4 is 5.32 Å². The third kappa shape index (κ3) is 47.3. The summed E-state index contributed by atoms with van der Waals surface area (Å²) >= 11 is 0. The second-order valence-electron chi connectivity index (χ2n) is 16.2. The molecule has 0 aromatic rings. The third-order valence-electron chi connectivity index (χ3n) is 10.4. The number of amides is 1. The predicted molar refractivity (Wildman–Crippen MR) is 275 cm³/mol. The molecule has 0 saturated carbocycles. The molecule has 4 nitrogen and oxygen atoms in total. The van der Waals surface area contributed by atoms with Gasteiger partial charge in [-0.05, 0) is 103 Å². The fraction of sp³-hybridized carbons (Fsp3) is 0.569. The number of aliphatic hydroxyl groups is 2. The Morgan fingerprint density at radius 1 is 0.403 bits per heavy atom. The van der Waals surface area contributed by atoms with Gasteiger partial charge in [-0.15, -0.1) is 0 Å². The smallest absolute Gasteiger partial charge is 0.220 e. The molecule has 0 heterocycles. The van der Waals surface area contributed by atoms with Crippen LogP contribution >= 0.6 is 0 Å². The summed E-state index contributed by atoms with van der Waals surface area (Å²) in [6, 6.07) is -0.558. The van der Waals surface area contributed by atoms with Crippen molar-refractivity contribution >= 4 is 5.91 Å². The van der Waals surface area contributed by atoms with E-state index in [1.165, 1.54) is 44.9 Å². The number of carbonyl (C=O) groups is 1. The Balaban J connectivity index is 3.70. The SMILES string of the molecule is CC/C=C\C/C=C\C/C=C\C/C=C\C/C=C\C/C=C\C/C=C\C/C=C\C/C=C\C/C=C\C/C=C\C/C=C\CCCCCCC(=O)NC(CO)C(O)CCCCCCCCCCC. The standard InChI is InChI=1S/C58H93NO3/c1-3-5-7-9-11-13-14-15-16-17-18-19-20-21-22-23-24-25-26-27-28-29-30-31-32-33-34-35-36-37-38-39-40-41-42-43-44-46-48-50-52-54-58(62)59-56(55-60)57(61)53-51-49-47-45-12-10-8-6-4-2/h5,7,11,13,15-16,18-19,21-22,24-25,27-28,30-31,33-34,36-37,39-40,42-43,56-57,60-61H,3-4,6,8-10,12,14,17,20,23,26,29,32,35,38,41,44-55H2,1-2H3,(H,59,62)/b7-5-,13-11-,16-15-,19-18-,22-21-,25-24-,28-27-,31-30-,34-33-,37-36-,40-39-,43-42-. The van der Waals surface area contributed by atoms with Crippen molar-refractivity contribution in [1.29, 1.82) is 0 Å². The van der Waals surface area contributed by atoms with Gasteiger partial charge in [0.05, 0.1) is 18.8 Å². The molecule has 0 aliphatic carbocycles. The molecule has 0 bridgehead atoms. The molecule has 0 saturated heterocycles. The van der Waals surface area contributed by atoms with Crippen molar-refractivity contribution in [3.63, 3.8) is 0 Å². The molecule has 2 atom stereocenters. The second-order valence-corrected chi connectivity index (χ2v) is 16.2. The van der Waals surface area contributed by atoms with Gasteiger partial charge in [-0.25, -0.2) is 0 Å². The third-order valence-corrected chi connectivity index (χ3v) is 10.4. The summed E-state index contributed by atoms with van der Waals surface area (Å²) < 4.78 is 0. The van der Waals surface area contributed by atoms with Gasteiger partial charge in [-0.3, -0.25) is 4.79 Å². The Kier molecular flexibility index (Phi) is 48.5. The summed E-state index contributed by atoms with van der Waals surface area (Å²) in [7, 11) is 0. The summed E-state index contributed by atoms with van der Waals surface area (Å²) in [4.78, 5) is 12.4. The van der Waals surface area contributed by atoms with Crippen LogP contribution in [-0.4, -0.2) is 34.9 Å². The average molecular weight is 852 g/mol. The zero-order valence-corrected chi connectivity index (χ0v) is 39.8. The number of hydrogen-bond acceptors (Lipinski definition) is 3. The largest absolute Gasteiger partial charge is 0.394 e. The van der Waals surface area contributed by atoms with Crippen molar-refractivity contribution in [3.8, 4) is 0 Å². The topological polar surface area (TPSA) is 69.6 Å². The van der Waals surface area contributed by atoms with Crippen molar-refractivity contribution in [3.05, 3.63) is 146 Å². The molecular weight excluding hydrogens is 759 g/mol. The van der Waals surface area contributed by atoms with E-state index in [2.05, 4.69) is 165 Å². The number of nitrogens with one attached hydrogen (secondary N) is 1. The number of allylic oxidation sites excluding steroid dienone is 24. The van der Waals surface area contributed by atoms with E-state index < -0.39 is 12.1 Å². The van der Waals surface area contributed by atoms with Crippen molar-refractivity contribution in [2.24, 2.45) is 0 Å². The molecule has 3 N–H and O–H groups in total. The number of unbranched alkanes of at least 4 members (excludes halogenated alkanes) is 12. The van der Waals surface area contributed by atoms with E-state index in [-0.39, 0.29) is 12.5 Å². The molecule has 0 aliphatic rings. The Bertz CT molecular complexity index is 1330. The normalized spacial score (nSPS) is 14.2. The average Bonchev–Trinajstić information content (AvgIpc) is 3.28. The first-order valence-corrected chi connectivity index (χ1v) is 25.0. The van der Waals surface area contributed by atoms with E-state index in [4.69, 9.17) is 0 Å². The maximum Gasteiger partial charge on any atom is 0.220 e.